The van der Waals surface area contributed by atoms with Crippen molar-refractivity contribution in [1.82, 2.24) is 10.6 Å². The first kappa shape index (κ1) is 15.0. The second-order valence-corrected chi connectivity index (χ2v) is 5.52. The van der Waals surface area contributed by atoms with Crippen molar-refractivity contribution in [1.29, 1.82) is 0 Å². The number of carbonyl (C=O) groups is 1. The number of rotatable bonds is 6. The minimum Gasteiger partial charge on any atom is -0.344 e. The van der Waals surface area contributed by atoms with Crippen LogP contribution < -0.4 is 10.6 Å². The Morgan fingerprint density at radius 2 is 2.28 bits per heavy atom. The zero-order valence-electron chi connectivity index (χ0n) is 11.7. The average molecular weight is 250 g/mol. The molecule has 3 heteroatoms. The fraction of sp³-hybridized carbons (Fsp3) is 0.800. The van der Waals surface area contributed by atoms with Gasteiger partial charge >= 0.3 is 0 Å². The highest BCUT2D eigenvalue weighted by Gasteiger charge is 2.19. The number of terminal acetylenes is 1. The summed E-state index contributed by atoms with van der Waals surface area (Å²) in [6, 6.07) is -0.153. The molecule has 0 aliphatic heterocycles. The van der Waals surface area contributed by atoms with Gasteiger partial charge < -0.3 is 10.6 Å². The Hall–Kier alpha value is -1.01. The fourth-order valence-electron chi connectivity index (χ4n) is 2.71. The molecule has 0 spiro atoms. The van der Waals surface area contributed by atoms with Crippen LogP contribution in [0.1, 0.15) is 46.0 Å². The van der Waals surface area contributed by atoms with Crippen LogP contribution in [-0.2, 0) is 4.79 Å². The summed E-state index contributed by atoms with van der Waals surface area (Å²) in [5, 5.41) is 5.96. The van der Waals surface area contributed by atoms with Crippen LogP contribution in [0.2, 0.25) is 0 Å². The molecular weight excluding hydrogens is 224 g/mol. The number of carbonyl (C=O) groups excluding carboxylic acids is 1. The normalized spacial score (nSPS) is 25.2. The van der Waals surface area contributed by atoms with Gasteiger partial charge in [0.2, 0.25) is 5.91 Å². The third-order valence-electron chi connectivity index (χ3n) is 3.81. The lowest BCUT2D eigenvalue weighted by molar-refractivity contribution is -0.122. The Morgan fingerprint density at radius 3 is 2.94 bits per heavy atom. The Morgan fingerprint density at radius 1 is 1.50 bits per heavy atom. The van der Waals surface area contributed by atoms with Gasteiger partial charge in [0.05, 0.1) is 12.6 Å². The quantitative estimate of drug-likeness (QED) is 0.707. The molecule has 0 heterocycles. The van der Waals surface area contributed by atoms with Gasteiger partial charge in [-0.2, -0.15) is 0 Å². The molecule has 1 aliphatic carbocycles. The molecule has 3 unspecified atom stereocenters. The topological polar surface area (TPSA) is 41.1 Å². The van der Waals surface area contributed by atoms with Crippen LogP contribution in [0.5, 0.6) is 0 Å². The van der Waals surface area contributed by atoms with Gasteiger partial charge in [-0.15, -0.1) is 6.42 Å². The highest BCUT2D eigenvalue weighted by Crippen LogP contribution is 2.30. The van der Waals surface area contributed by atoms with Crippen molar-refractivity contribution in [3.05, 3.63) is 0 Å². The smallest absolute Gasteiger partial charge is 0.237 e. The highest BCUT2D eigenvalue weighted by atomic mass is 16.2. The summed E-state index contributed by atoms with van der Waals surface area (Å²) in [5.41, 5.74) is 0. The summed E-state index contributed by atoms with van der Waals surface area (Å²) in [5.74, 6) is 4.11. The standard InChI is InChI=1S/C15H26N2O/c1-4-9-17-15(18)13(3)16-10-8-14-7-5-6-12(2)11-14/h1,12-14,16H,5-11H2,2-3H3,(H,17,18). The maximum absolute atomic E-state index is 11.6. The summed E-state index contributed by atoms with van der Waals surface area (Å²) in [7, 11) is 0. The molecule has 0 aromatic heterocycles. The van der Waals surface area contributed by atoms with Gasteiger partial charge in [-0.3, -0.25) is 4.79 Å². The SMILES string of the molecule is C#CCNC(=O)C(C)NCCC1CCCC(C)C1. The van der Waals surface area contributed by atoms with Gasteiger partial charge in [-0.05, 0) is 38.1 Å². The third kappa shape index (κ3) is 5.55. The van der Waals surface area contributed by atoms with Crippen molar-refractivity contribution in [3.63, 3.8) is 0 Å². The van der Waals surface area contributed by atoms with E-state index in [1.807, 2.05) is 6.92 Å². The second kappa shape index (κ2) is 8.16. The molecule has 2 N–H and O–H groups in total. The molecule has 1 aliphatic rings. The van der Waals surface area contributed by atoms with E-state index in [2.05, 4.69) is 23.5 Å². The van der Waals surface area contributed by atoms with Crippen LogP contribution in [0.4, 0.5) is 0 Å². The molecule has 1 rings (SSSR count). The summed E-state index contributed by atoms with van der Waals surface area (Å²) in [6.07, 6.45) is 11.7. The first-order valence-electron chi connectivity index (χ1n) is 7.08. The molecule has 0 bridgehead atoms. The second-order valence-electron chi connectivity index (χ2n) is 5.52. The van der Waals surface area contributed by atoms with E-state index in [4.69, 9.17) is 6.42 Å². The molecule has 18 heavy (non-hydrogen) atoms. The van der Waals surface area contributed by atoms with Crippen molar-refractivity contribution in [2.24, 2.45) is 11.8 Å². The predicted molar refractivity (Wildman–Crippen MR) is 75.0 cm³/mol. The zero-order valence-corrected chi connectivity index (χ0v) is 11.7. The van der Waals surface area contributed by atoms with Crippen LogP contribution in [-0.4, -0.2) is 25.0 Å². The van der Waals surface area contributed by atoms with E-state index in [1.54, 1.807) is 0 Å². The lowest BCUT2D eigenvalue weighted by Gasteiger charge is -2.27. The molecule has 102 valence electrons. The molecule has 1 amide bonds. The monoisotopic (exact) mass is 250 g/mol. The van der Waals surface area contributed by atoms with Gasteiger partial charge in [-0.1, -0.05) is 32.1 Å². The lowest BCUT2D eigenvalue weighted by Crippen LogP contribution is -2.43. The van der Waals surface area contributed by atoms with Crippen molar-refractivity contribution < 1.29 is 4.79 Å². The van der Waals surface area contributed by atoms with E-state index >= 15 is 0 Å². The Balaban J connectivity index is 2.13. The number of amides is 1. The lowest BCUT2D eigenvalue weighted by atomic mass is 9.81. The summed E-state index contributed by atoms with van der Waals surface area (Å²) in [4.78, 5) is 11.6. The van der Waals surface area contributed by atoms with E-state index in [9.17, 15) is 4.79 Å². The molecule has 0 radical (unpaired) electrons. The molecule has 1 saturated carbocycles. The molecule has 3 atom stereocenters. The van der Waals surface area contributed by atoms with E-state index in [0.29, 0.717) is 6.54 Å². The zero-order chi connectivity index (χ0) is 13.4. The van der Waals surface area contributed by atoms with Crippen molar-refractivity contribution in [3.8, 4) is 12.3 Å². The maximum Gasteiger partial charge on any atom is 0.237 e. The van der Waals surface area contributed by atoms with Gasteiger partial charge in [0.1, 0.15) is 0 Å². The van der Waals surface area contributed by atoms with Crippen LogP contribution in [0.15, 0.2) is 0 Å². The molecule has 0 aromatic carbocycles. The fourth-order valence-corrected chi connectivity index (χ4v) is 2.71. The van der Waals surface area contributed by atoms with E-state index in [-0.39, 0.29) is 11.9 Å². The minimum atomic E-state index is -0.153. The molecule has 0 saturated heterocycles. The van der Waals surface area contributed by atoms with Gasteiger partial charge in [0.15, 0.2) is 0 Å². The average Bonchev–Trinajstić information content (AvgIpc) is 2.35. The largest absolute Gasteiger partial charge is 0.344 e. The van der Waals surface area contributed by atoms with Gasteiger partial charge in [0, 0.05) is 0 Å². The predicted octanol–water partition coefficient (Wildman–Crippen LogP) is 1.93. The number of hydrogen-bond donors (Lipinski definition) is 2. The number of hydrogen-bond acceptors (Lipinski definition) is 2. The van der Waals surface area contributed by atoms with Gasteiger partial charge in [0.25, 0.3) is 0 Å². The van der Waals surface area contributed by atoms with Crippen LogP contribution >= 0.6 is 0 Å². The van der Waals surface area contributed by atoms with Gasteiger partial charge in [-0.25, -0.2) is 0 Å². The Labute approximate surface area is 111 Å². The van der Waals surface area contributed by atoms with E-state index < -0.39 is 0 Å². The first-order chi connectivity index (χ1) is 8.63. The summed E-state index contributed by atoms with van der Waals surface area (Å²) >= 11 is 0. The third-order valence-corrected chi connectivity index (χ3v) is 3.81. The first-order valence-corrected chi connectivity index (χ1v) is 7.08. The maximum atomic E-state index is 11.6. The molecular formula is C15H26N2O. The van der Waals surface area contributed by atoms with Crippen LogP contribution in [0.3, 0.4) is 0 Å². The van der Waals surface area contributed by atoms with Crippen LogP contribution in [0.25, 0.3) is 0 Å². The van der Waals surface area contributed by atoms with Crippen molar-refractivity contribution in [2.75, 3.05) is 13.1 Å². The van der Waals surface area contributed by atoms with E-state index in [1.165, 1.54) is 32.1 Å². The Kier molecular flexibility index (Phi) is 6.82. The van der Waals surface area contributed by atoms with Crippen molar-refractivity contribution in [2.45, 2.75) is 52.0 Å². The van der Waals surface area contributed by atoms with E-state index in [0.717, 1.165) is 18.4 Å². The summed E-state index contributed by atoms with van der Waals surface area (Å²) < 4.78 is 0. The summed E-state index contributed by atoms with van der Waals surface area (Å²) in [6.45, 7) is 5.46. The molecule has 0 aromatic rings. The van der Waals surface area contributed by atoms with Crippen molar-refractivity contribution >= 4 is 5.91 Å². The van der Waals surface area contributed by atoms with Crippen LogP contribution in [0, 0.1) is 24.2 Å². The molecule has 3 nitrogen and oxygen atoms in total. The molecule has 1 fully saturated rings. The minimum absolute atomic E-state index is 0.00929. The highest BCUT2D eigenvalue weighted by molar-refractivity contribution is 5.81. The number of nitrogens with one attached hydrogen (secondary N) is 2. The Bertz CT molecular complexity index is 295.